The molecule has 4 heteroatoms. The van der Waals surface area contributed by atoms with Crippen LogP contribution >= 0.6 is 0 Å². The van der Waals surface area contributed by atoms with Crippen molar-refractivity contribution >= 4 is 11.8 Å². The van der Waals surface area contributed by atoms with Crippen molar-refractivity contribution in [3.8, 4) is 0 Å². The molecule has 0 radical (unpaired) electrons. The summed E-state index contributed by atoms with van der Waals surface area (Å²) in [5, 5.41) is 2.76. The van der Waals surface area contributed by atoms with Crippen molar-refractivity contribution in [3.63, 3.8) is 0 Å². The summed E-state index contributed by atoms with van der Waals surface area (Å²) in [5.74, 6) is -0.166. The number of hydrogen-bond donors (Lipinski definition) is 1. The molecule has 2 amide bonds. The average molecular weight is 429 g/mol. The molecule has 0 aliphatic carbocycles. The third kappa shape index (κ3) is 6.55. The smallest absolute Gasteiger partial charge is 0.242 e. The zero-order valence-electron chi connectivity index (χ0n) is 19.2. The van der Waals surface area contributed by atoms with Crippen LogP contribution in [-0.2, 0) is 29.0 Å². The highest BCUT2D eigenvalue weighted by atomic mass is 16.2. The topological polar surface area (TPSA) is 49.4 Å². The fourth-order valence-corrected chi connectivity index (χ4v) is 3.76. The number of hydrogen-bond acceptors (Lipinski definition) is 2. The van der Waals surface area contributed by atoms with E-state index in [-0.39, 0.29) is 11.8 Å². The van der Waals surface area contributed by atoms with Crippen molar-refractivity contribution in [1.29, 1.82) is 0 Å². The second-order valence-corrected chi connectivity index (χ2v) is 8.31. The molecule has 0 aliphatic heterocycles. The highest BCUT2D eigenvalue weighted by Crippen LogP contribution is 2.17. The number of rotatable bonds is 9. The fraction of sp³-hybridized carbons (Fsp3) is 0.286. The van der Waals surface area contributed by atoms with Crippen LogP contribution in [-0.4, -0.2) is 29.8 Å². The molecule has 166 valence electrons. The van der Waals surface area contributed by atoms with Crippen LogP contribution in [0.5, 0.6) is 0 Å². The molecule has 0 fully saturated rings. The highest BCUT2D eigenvalue weighted by Gasteiger charge is 2.29. The van der Waals surface area contributed by atoms with Crippen molar-refractivity contribution < 1.29 is 9.59 Å². The summed E-state index contributed by atoms with van der Waals surface area (Å²) in [6, 6.07) is 25.7. The Labute approximate surface area is 191 Å². The molecule has 0 saturated carbocycles. The Kier molecular flexibility index (Phi) is 8.20. The third-order valence-electron chi connectivity index (χ3n) is 5.74. The van der Waals surface area contributed by atoms with E-state index in [0.717, 1.165) is 22.3 Å². The Balaban J connectivity index is 1.85. The first-order valence-corrected chi connectivity index (χ1v) is 11.1. The molecule has 0 heterocycles. The monoisotopic (exact) mass is 428 g/mol. The number of nitrogens with one attached hydrogen (secondary N) is 1. The van der Waals surface area contributed by atoms with E-state index in [1.807, 2.05) is 61.5 Å². The maximum Gasteiger partial charge on any atom is 0.242 e. The van der Waals surface area contributed by atoms with Gasteiger partial charge in [0.05, 0.1) is 0 Å². The van der Waals surface area contributed by atoms with Gasteiger partial charge in [-0.05, 0) is 37.0 Å². The summed E-state index contributed by atoms with van der Waals surface area (Å²) in [4.78, 5) is 28.1. The Morgan fingerprint density at radius 3 is 1.91 bits per heavy atom. The van der Waals surface area contributed by atoms with Gasteiger partial charge < -0.3 is 10.2 Å². The normalized spacial score (nSPS) is 11.6. The van der Waals surface area contributed by atoms with Gasteiger partial charge >= 0.3 is 0 Å². The quantitative estimate of drug-likeness (QED) is 0.541. The molecule has 1 N–H and O–H groups in total. The van der Waals surface area contributed by atoms with Gasteiger partial charge in [-0.15, -0.1) is 0 Å². The van der Waals surface area contributed by atoms with E-state index in [9.17, 15) is 9.59 Å². The molecule has 0 aromatic heterocycles. The summed E-state index contributed by atoms with van der Waals surface area (Å²) in [5.41, 5.74) is 5.53. The summed E-state index contributed by atoms with van der Waals surface area (Å²) < 4.78 is 0. The number of aryl methyl sites for hydroxylation is 3. The molecule has 4 nitrogen and oxygen atoms in total. The van der Waals surface area contributed by atoms with Crippen LogP contribution in [0.3, 0.4) is 0 Å². The Hall–Kier alpha value is -3.40. The van der Waals surface area contributed by atoms with Gasteiger partial charge in [0.2, 0.25) is 11.8 Å². The Morgan fingerprint density at radius 2 is 1.34 bits per heavy atom. The fourth-order valence-electron chi connectivity index (χ4n) is 3.76. The number of nitrogens with zero attached hydrogens (tertiary/aromatic N) is 1. The van der Waals surface area contributed by atoms with Crippen molar-refractivity contribution in [2.75, 3.05) is 7.05 Å². The van der Waals surface area contributed by atoms with Gasteiger partial charge in [-0.3, -0.25) is 9.59 Å². The molecule has 3 rings (SSSR count). The first-order chi connectivity index (χ1) is 15.5. The summed E-state index contributed by atoms with van der Waals surface area (Å²) in [7, 11) is 1.63. The highest BCUT2D eigenvalue weighted by molar-refractivity contribution is 5.88. The van der Waals surface area contributed by atoms with Gasteiger partial charge in [0.15, 0.2) is 0 Å². The maximum atomic E-state index is 13.5. The molecule has 3 aromatic carbocycles. The zero-order valence-corrected chi connectivity index (χ0v) is 19.2. The lowest BCUT2D eigenvalue weighted by atomic mass is 10.0. The van der Waals surface area contributed by atoms with Gasteiger partial charge in [-0.2, -0.15) is 0 Å². The molecular formula is C28H32N2O2. The molecule has 0 spiro atoms. The molecule has 0 unspecified atom stereocenters. The largest absolute Gasteiger partial charge is 0.357 e. The van der Waals surface area contributed by atoms with E-state index in [1.165, 1.54) is 5.56 Å². The lowest BCUT2D eigenvalue weighted by molar-refractivity contribution is -0.141. The van der Waals surface area contributed by atoms with E-state index in [2.05, 4.69) is 36.5 Å². The van der Waals surface area contributed by atoms with Crippen LogP contribution in [0.25, 0.3) is 0 Å². The minimum Gasteiger partial charge on any atom is -0.357 e. The summed E-state index contributed by atoms with van der Waals surface area (Å²) >= 11 is 0. The van der Waals surface area contributed by atoms with Crippen LogP contribution in [0.1, 0.15) is 34.2 Å². The van der Waals surface area contributed by atoms with Crippen LogP contribution in [0.15, 0.2) is 78.9 Å². The minimum absolute atomic E-state index is 0.0179. The lowest BCUT2D eigenvalue weighted by Crippen LogP contribution is -2.49. The van der Waals surface area contributed by atoms with E-state index in [1.54, 1.807) is 11.9 Å². The molecule has 0 aliphatic rings. The molecule has 32 heavy (non-hydrogen) atoms. The van der Waals surface area contributed by atoms with E-state index in [4.69, 9.17) is 0 Å². The first kappa shape index (κ1) is 23.3. The minimum atomic E-state index is -0.575. The molecule has 0 saturated heterocycles. The number of carbonyl (C=O) groups is 2. The van der Waals surface area contributed by atoms with Crippen molar-refractivity contribution in [3.05, 3.63) is 107 Å². The first-order valence-electron chi connectivity index (χ1n) is 11.1. The van der Waals surface area contributed by atoms with Crippen LogP contribution in [0, 0.1) is 13.8 Å². The van der Waals surface area contributed by atoms with Crippen LogP contribution in [0.2, 0.25) is 0 Å². The molecule has 1 atom stereocenters. The van der Waals surface area contributed by atoms with E-state index >= 15 is 0 Å². The van der Waals surface area contributed by atoms with E-state index < -0.39 is 6.04 Å². The zero-order chi connectivity index (χ0) is 22.9. The standard InChI is InChI=1S/C28H32N2O2/c1-21-9-13-23(14-10-21)17-18-27(31)30(20-25-15-11-22(2)12-16-25)26(28(32)29-3)19-24-7-5-4-6-8-24/h4-16,26H,17-20H2,1-3H3,(H,29,32)/t26-/m0/s1. The molecule has 0 bridgehead atoms. The van der Waals surface area contributed by atoms with Crippen molar-refractivity contribution in [2.45, 2.75) is 45.7 Å². The average Bonchev–Trinajstić information content (AvgIpc) is 2.82. The predicted molar refractivity (Wildman–Crippen MR) is 129 cm³/mol. The number of benzene rings is 3. The Bertz CT molecular complexity index is 1010. The van der Waals surface area contributed by atoms with Crippen molar-refractivity contribution in [1.82, 2.24) is 10.2 Å². The van der Waals surface area contributed by atoms with Crippen molar-refractivity contribution in [2.24, 2.45) is 0 Å². The van der Waals surface area contributed by atoms with Crippen LogP contribution in [0.4, 0.5) is 0 Å². The molecular weight excluding hydrogens is 396 g/mol. The second-order valence-electron chi connectivity index (χ2n) is 8.31. The maximum absolute atomic E-state index is 13.5. The number of amides is 2. The van der Waals surface area contributed by atoms with Gasteiger partial charge in [0.25, 0.3) is 0 Å². The SMILES string of the molecule is CNC(=O)[C@H](Cc1ccccc1)N(Cc1ccc(C)cc1)C(=O)CCc1ccc(C)cc1. The van der Waals surface area contributed by atoms with Crippen LogP contribution < -0.4 is 5.32 Å². The number of carbonyl (C=O) groups excluding carboxylic acids is 2. The van der Waals surface area contributed by atoms with Gasteiger partial charge in [-0.25, -0.2) is 0 Å². The third-order valence-corrected chi connectivity index (χ3v) is 5.74. The van der Waals surface area contributed by atoms with Gasteiger partial charge in [0.1, 0.15) is 6.04 Å². The summed E-state index contributed by atoms with van der Waals surface area (Å²) in [6.07, 6.45) is 1.48. The van der Waals surface area contributed by atoms with Gasteiger partial charge in [0, 0.05) is 26.4 Å². The molecule has 3 aromatic rings. The second kappa shape index (κ2) is 11.3. The Morgan fingerprint density at radius 1 is 0.781 bits per heavy atom. The van der Waals surface area contributed by atoms with Gasteiger partial charge in [-0.1, -0.05) is 90.0 Å². The lowest BCUT2D eigenvalue weighted by Gasteiger charge is -2.31. The number of likely N-dealkylation sites (N-methyl/N-ethyl adjacent to an activating group) is 1. The van der Waals surface area contributed by atoms with E-state index in [0.29, 0.717) is 25.8 Å². The summed E-state index contributed by atoms with van der Waals surface area (Å²) in [6.45, 7) is 4.49. The predicted octanol–water partition coefficient (Wildman–Crippen LogP) is 4.62.